The van der Waals surface area contributed by atoms with Gasteiger partial charge in [0.05, 0.1) is 0 Å². The van der Waals surface area contributed by atoms with Crippen molar-refractivity contribution in [1.29, 1.82) is 0 Å². The van der Waals surface area contributed by atoms with E-state index in [0.29, 0.717) is 5.65 Å². The topological polar surface area (TPSA) is 74.9 Å². The molecular formula is C14H17N3O3. The maximum absolute atomic E-state index is 12.4. The largest absolute Gasteiger partial charge is 0.480 e. The van der Waals surface area contributed by atoms with Gasteiger partial charge in [-0.05, 0) is 32.9 Å². The number of aromatic nitrogens is 2. The van der Waals surface area contributed by atoms with Gasteiger partial charge in [-0.1, -0.05) is 6.07 Å². The normalized spacial score (nSPS) is 11.6. The third-order valence-electron chi connectivity index (χ3n) is 3.58. The zero-order valence-corrected chi connectivity index (χ0v) is 11.9. The number of aryl methyl sites for hydroxylation is 1. The predicted molar refractivity (Wildman–Crippen MR) is 73.7 cm³/mol. The van der Waals surface area contributed by atoms with Crippen LogP contribution in [0.5, 0.6) is 0 Å². The molecule has 1 N–H and O–H groups in total. The van der Waals surface area contributed by atoms with Crippen LogP contribution in [0.3, 0.4) is 0 Å². The molecule has 0 radical (unpaired) electrons. The number of carbonyl (C=O) groups is 2. The molecule has 2 aromatic rings. The van der Waals surface area contributed by atoms with Gasteiger partial charge in [-0.2, -0.15) is 0 Å². The van der Waals surface area contributed by atoms with Crippen molar-refractivity contribution >= 4 is 17.5 Å². The molecule has 0 atom stereocenters. The highest BCUT2D eigenvalue weighted by atomic mass is 16.4. The maximum atomic E-state index is 12.4. The van der Waals surface area contributed by atoms with E-state index in [1.54, 1.807) is 16.7 Å². The average molecular weight is 275 g/mol. The molecule has 2 rings (SSSR count). The van der Waals surface area contributed by atoms with E-state index >= 15 is 0 Å². The summed E-state index contributed by atoms with van der Waals surface area (Å²) in [5.41, 5.74) is 0.558. The van der Waals surface area contributed by atoms with Crippen molar-refractivity contribution in [1.82, 2.24) is 14.3 Å². The number of aliphatic carboxylic acids is 1. The second kappa shape index (κ2) is 4.63. The highest BCUT2D eigenvalue weighted by Crippen LogP contribution is 2.17. The minimum atomic E-state index is -1.29. The summed E-state index contributed by atoms with van der Waals surface area (Å²) in [4.78, 5) is 29.0. The fourth-order valence-electron chi connectivity index (χ4n) is 1.82. The van der Waals surface area contributed by atoms with Crippen LogP contribution in [0.4, 0.5) is 0 Å². The Morgan fingerprint density at radius 1 is 1.35 bits per heavy atom. The van der Waals surface area contributed by atoms with E-state index in [4.69, 9.17) is 0 Å². The van der Waals surface area contributed by atoms with E-state index in [-0.39, 0.29) is 5.69 Å². The lowest BCUT2D eigenvalue weighted by Gasteiger charge is -2.30. The number of hydrogen-bond acceptors (Lipinski definition) is 3. The van der Waals surface area contributed by atoms with Crippen molar-refractivity contribution in [3.63, 3.8) is 0 Å². The SMILES string of the molecule is Cc1cccc2nc(C(=O)N(C)C(C)(C)C(=O)O)cn12. The lowest BCUT2D eigenvalue weighted by atomic mass is 10.0. The number of likely N-dealkylation sites (N-methyl/N-ethyl adjacent to an activating group) is 1. The van der Waals surface area contributed by atoms with E-state index in [0.717, 1.165) is 5.69 Å². The van der Waals surface area contributed by atoms with Gasteiger partial charge >= 0.3 is 5.97 Å². The molecule has 0 spiro atoms. The number of fused-ring (bicyclic) bond motifs is 1. The quantitative estimate of drug-likeness (QED) is 0.922. The molecule has 2 aromatic heterocycles. The van der Waals surface area contributed by atoms with Crippen molar-refractivity contribution in [3.8, 4) is 0 Å². The first-order chi connectivity index (χ1) is 9.25. The first kappa shape index (κ1) is 14.0. The molecule has 6 nitrogen and oxygen atoms in total. The van der Waals surface area contributed by atoms with E-state index in [9.17, 15) is 14.7 Å². The Labute approximate surface area is 116 Å². The van der Waals surface area contributed by atoms with Crippen LogP contribution in [0.2, 0.25) is 0 Å². The maximum Gasteiger partial charge on any atom is 0.329 e. The molecule has 1 amide bonds. The highest BCUT2D eigenvalue weighted by Gasteiger charge is 2.36. The van der Waals surface area contributed by atoms with E-state index < -0.39 is 17.4 Å². The Morgan fingerprint density at radius 3 is 2.55 bits per heavy atom. The standard InChI is InChI=1S/C14H17N3O3/c1-9-6-5-7-11-15-10(8-17(9)11)12(18)16(4)14(2,3)13(19)20/h5-8H,1-4H3,(H,19,20). The van der Waals surface area contributed by atoms with Gasteiger partial charge in [0.2, 0.25) is 0 Å². The van der Waals surface area contributed by atoms with Crippen LogP contribution in [0.15, 0.2) is 24.4 Å². The van der Waals surface area contributed by atoms with Gasteiger partial charge in [0.25, 0.3) is 5.91 Å². The van der Waals surface area contributed by atoms with Crippen molar-refractivity contribution in [2.45, 2.75) is 26.3 Å². The van der Waals surface area contributed by atoms with Gasteiger partial charge in [0.15, 0.2) is 0 Å². The van der Waals surface area contributed by atoms with Gasteiger partial charge in [0, 0.05) is 18.9 Å². The van der Waals surface area contributed by atoms with E-state index in [1.807, 2.05) is 19.1 Å². The number of amides is 1. The molecule has 0 unspecified atom stereocenters. The van der Waals surface area contributed by atoms with Crippen LogP contribution in [0, 0.1) is 6.92 Å². The van der Waals surface area contributed by atoms with Crippen LogP contribution >= 0.6 is 0 Å². The minimum absolute atomic E-state index is 0.233. The zero-order valence-electron chi connectivity index (χ0n) is 11.9. The van der Waals surface area contributed by atoms with Crippen LogP contribution in [-0.2, 0) is 4.79 Å². The molecule has 0 saturated carbocycles. The molecule has 0 saturated heterocycles. The Kier molecular flexibility index (Phi) is 3.25. The molecule has 2 heterocycles. The molecular weight excluding hydrogens is 258 g/mol. The monoisotopic (exact) mass is 275 g/mol. The first-order valence-electron chi connectivity index (χ1n) is 6.21. The van der Waals surface area contributed by atoms with Crippen LogP contribution in [-0.4, -0.2) is 43.9 Å². The third kappa shape index (κ3) is 2.13. The molecule has 0 aliphatic rings. The molecule has 106 valence electrons. The van der Waals surface area contributed by atoms with Crippen LogP contribution < -0.4 is 0 Å². The van der Waals surface area contributed by atoms with Gasteiger partial charge in [-0.15, -0.1) is 0 Å². The smallest absolute Gasteiger partial charge is 0.329 e. The Hall–Kier alpha value is -2.37. The Balaban J connectivity index is 2.41. The summed E-state index contributed by atoms with van der Waals surface area (Å²) < 4.78 is 1.80. The fourth-order valence-corrected chi connectivity index (χ4v) is 1.82. The number of pyridine rings is 1. The molecule has 0 aliphatic carbocycles. The Bertz CT molecular complexity index is 688. The molecule has 20 heavy (non-hydrogen) atoms. The second-order valence-corrected chi connectivity index (χ2v) is 5.25. The summed E-state index contributed by atoms with van der Waals surface area (Å²) in [5, 5.41) is 9.17. The number of rotatable bonds is 3. The number of carboxylic acids is 1. The summed E-state index contributed by atoms with van der Waals surface area (Å²) in [6.45, 7) is 4.87. The van der Waals surface area contributed by atoms with Crippen LogP contribution in [0.1, 0.15) is 30.0 Å². The summed E-state index contributed by atoms with van der Waals surface area (Å²) in [7, 11) is 1.47. The minimum Gasteiger partial charge on any atom is -0.480 e. The number of carbonyl (C=O) groups excluding carboxylic acids is 1. The summed E-state index contributed by atoms with van der Waals surface area (Å²) >= 11 is 0. The Morgan fingerprint density at radius 2 is 2.00 bits per heavy atom. The summed E-state index contributed by atoms with van der Waals surface area (Å²) in [5.74, 6) is -1.48. The number of hydrogen-bond donors (Lipinski definition) is 1. The molecule has 0 bridgehead atoms. The lowest BCUT2D eigenvalue weighted by Crippen LogP contribution is -2.50. The van der Waals surface area contributed by atoms with E-state index in [2.05, 4.69) is 4.98 Å². The second-order valence-electron chi connectivity index (χ2n) is 5.25. The highest BCUT2D eigenvalue weighted by molar-refractivity contribution is 5.96. The lowest BCUT2D eigenvalue weighted by molar-refractivity contribution is -0.147. The zero-order chi connectivity index (χ0) is 15.1. The molecule has 6 heteroatoms. The van der Waals surface area contributed by atoms with Crippen molar-refractivity contribution < 1.29 is 14.7 Å². The molecule has 0 aliphatic heterocycles. The van der Waals surface area contributed by atoms with E-state index in [1.165, 1.54) is 25.8 Å². The number of imidazole rings is 1. The van der Waals surface area contributed by atoms with Crippen molar-refractivity contribution in [2.75, 3.05) is 7.05 Å². The first-order valence-corrected chi connectivity index (χ1v) is 6.21. The van der Waals surface area contributed by atoms with Gasteiger partial charge in [0.1, 0.15) is 16.9 Å². The van der Waals surface area contributed by atoms with Gasteiger partial charge in [-0.3, -0.25) is 4.79 Å². The average Bonchev–Trinajstić information content (AvgIpc) is 2.82. The van der Waals surface area contributed by atoms with Crippen molar-refractivity contribution in [3.05, 3.63) is 35.8 Å². The number of nitrogens with zero attached hydrogens (tertiary/aromatic N) is 3. The molecule has 0 aromatic carbocycles. The third-order valence-corrected chi connectivity index (χ3v) is 3.58. The molecule has 0 fully saturated rings. The fraction of sp³-hybridized carbons (Fsp3) is 0.357. The van der Waals surface area contributed by atoms with Crippen LogP contribution in [0.25, 0.3) is 5.65 Å². The summed E-state index contributed by atoms with van der Waals surface area (Å²) in [6, 6.07) is 5.57. The predicted octanol–water partition coefficient (Wildman–Crippen LogP) is 1.58. The number of carboxylic acid groups (broad SMARTS) is 1. The van der Waals surface area contributed by atoms with Gasteiger partial charge in [-0.25, -0.2) is 9.78 Å². The van der Waals surface area contributed by atoms with Crippen molar-refractivity contribution in [2.24, 2.45) is 0 Å². The summed E-state index contributed by atoms with van der Waals surface area (Å²) in [6.07, 6.45) is 1.63. The van der Waals surface area contributed by atoms with Gasteiger partial charge < -0.3 is 14.4 Å².